The Morgan fingerprint density at radius 2 is 1.96 bits per heavy atom. The highest BCUT2D eigenvalue weighted by molar-refractivity contribution is 5.89. The number of H-pyrrole nitrogens is 2. The molecule has 0 unspecified atom stereocenters. The molecule has 24 heavy (non-hydrogen) atoms. The number of piperidine rings is 1. The van der Waals surface area contributed by atoms with Crippen LogP contribution in [0.1, 0.15) is 55.5 Å². The monoisotopic (exact) mass is 331 g/mol. The molecule has 8 nitrogen and oxygen atoms in total. The van der Waals surface area contributed by atoms with E-state index in [4.69, 9.17) is 0 Å². The highest BCUT2D eigenvalue weighted by Gasteiger charge is 2.19. The van der Waals surface area contributed by atoms with Crippen molar-refractivity contribution in [1.82, 2.24) is 25.4 Å². The number of hydrogen-bond donors (Lipinski definition) is 3. The van der Waals surface area contributed by atoms with E-state index in [1.165, 1.54) is 6.42 Å². The van der Waals surface area contributed by atoms with Crippen molar-refractivity contribution in [3.8, 4) is 0 Å². The largest absolute Gasteiger partial charge is 0.340 e. The minimum Gasteiger partial charge on any atom is -0.340 e. The van der Waals surface area contributed by atoms with E-state index < -0.39 is 0 Å². The Balaban J connectivity index is 1.58. The zero-order chi connectivity index (χ0) is 17.1. The molecule has 0 aromatic carbocycles. The van der Waals surface area contributed by atoms with Crippen molar-refractivity contribution in [2.45, 2.75) is 52.4 Å². The van der Waals surface area contributed by atoms with Crippen LogP contribution in [0.3, 0.4) is 0 Å². The van der Waals surface area contributed by atoms with Crippen LogP contribution in [-0.2, 0) is 4.79 Å². The zero-order valence-corrected chi connectivity index (χ0v) is 14.5. The predicted octanol–water partition coefficient (Wildman–Crippen LogP) is 2.27. The Kier molecular flexibility index (Phi) is 4.82. The lowest BCUT2D eigenvalue weighted by molar-refractivity contribution is -0.116. The van der Waals surface area contributed by atoms with Gasteiger partial charge in [0, 0.05) is 25.2 Å². The van der Waals surface area contributed by atoms with Gasteiger partial charge in [-0.2, -0.15) is 10.1 Å². The molecule has 1 fully saturated rings. The molecule has 2 aromatic rings. The van der Waals surface area contributed by atoms with E-state index in [-0.39, 0.29) is 11.8 Å². The summed E-state index contributed by atoms with van der Waals surface area (Å²) in [5, 5.41) is 17.0. The lowest BCUT2D eigenvalue weighted by Gasteiger charge is -2.24. The van der Waals surface area contributed by atoms with Gasteiger partial charge in [0.2, 0.25) is 17.8 Å². The first-order chi connectivity index (χ1) is 11.5. The number of carbonyl (C=O) groups excluding carboxylic acids is 1. The first-order valence-electron chi connectivity index (χ1n) is 8.53. The summed E-state index contributed by atoms with van der Waals surface area (Å²) in [6.45, 7) is 7.91. The van der Waals surface area contributed by atoms with Gasteiger partial charge in [0.1, 0.15) is 0 Å². The van der Waals surface area contributed by atoms with Crippen molar-refractivity contribution in [3.05, 3.63) is 17.0 Å². The Labute approximate surface area is 141 Å². The lowest BCUT2D eigenvalue weighted by atomic mass is 9.96. The van der Waals surface area contributed by atoms with Crippen LogP contribution in [0, 0.1) is 13.8 Å². The van der Waals surface area contributed by atoms with Crippen molar-refractivity contribution < 1.29 is 4.79 Å². The summed E-state index contributed by atoms with van der Waals surface area (Å²) in [6.07, 6.45) is 3.96. The molecule has 3 N–H and O–H groups in total. The fourth-order valence-electron chi connectivity index (χ4n) is 3.39. The average molecular weight is 331 g/mol. The highest BCUT2D eigenvalue weighted by atomic mass is 16.1. The molecule has 3 rings (SSSR count). The minimum atomic E-state index is -0.0798. The summed E-state index contributed by atoms with van der Waals surface area (Å²) in [6, 6.07) is 0. The predicted molar refractivity (Wildman–Crippen MR) is 92.2 cm³/mol. The number of aromatic amines is 2. The topological polar surface area (TPSA) is 103 Å². The third kappa shape index (κ3) is 3.58. The second-order valence-electron chi connectivity index (χ2n) is 6.53. The van der Waals surface area contributed by atoms with Gasteiger partial charge in [0.15, 0.2) is 0 Å². The Morgan fingerprint density at radius 1 is 1.21 bits per heavy atom. The molecule has 1 amide bonds. The molecule has 8 heteroatoms. The number of nitrogens with one attached hydrogen (secondary N) is 3. The molecule has 0 aliphatic carbocycles. The van der Waals surface area contributed by atoms with E-state index in [1.807, 2.05) is 20.8 Å². The number of anilines is 2. The summed E-state index contributed by atoms with van der Waals surface area (Å²) >= 11 is 0. The molecular weight excluding hydrogens is 306 g/mol. The molecule has 1 atom stereocenters. The SMILES string of the molecule is Cc1n[nH]c(C)c1[C@@H](C)CC(=O)Nc1nc(N2CCCCC2)n[nH]1. The maximum atomic E-state index is 12.3. The second kappa shape index (κ2) is 7.02. The van der Waals surface area contributed by atoms with Gasteiger partial charge in [-0.05, 0) is 44.6 Å². The molecule has 0 radical (unpaired) electrons. The van der Waals surface area contributed by atoms with Crippen LogP contribution in [0.5, 0.6) is 0 Å². The van der Waals surface area contributed by atoms with Crippen LogP contribution < -0.4 is 10.2 Å². The molecule has 3 heterocycles. The van der Waals surface area contributed by atoms with Gasteiger partial charge in [0.25, 0.3) is 0 Å². The average Bonchev–Trinajstić information content (AvgIpc) is 3.15. The molecule has 0 spiro atoms. The number of aryl methyl sites for hydroxylation is 2. The third-order valence-corrected chi connectivity index (χ3v) is 4.54. The number of aromatic nitrogens is 5. The summed E-state index contributed by atoms with van der Waals surface area (Å²) in [7, 11) is 0. The van der Waals surface area contributed by atoms with Crippen LogP contribution in [0.25, 0.3) is 0 Å². The molecule has 2 aromatic heterocycles. The van der Waals surface area contributed by atoms with Crippen LogP contribution in [0.2, 0.25) is 0 Å². The molecular formula is C16H25N7O. The number of amides is 1. The molecule has 1 aliphatic heterocycles. The van der Waals surface area contributed by atoms with Gasteiger partial charge in [0.05, 0.1) is 5.69 Å². The van der Waals surface area contributed by atoms with Crippen LogP contribution in [-0.4, -0.2) is 44.4 Å². The molecule has 1 saturated heterocycles. The van der Waals surface area contributed by atoms with Crippen molar-refractivity contribution in [1.29, 1.82) is 0 Å². The van der Waals surface area contributed by atoms with E-state index >= 15 is 0 Å². The van der Waals surface area contributed by atoms with E-state index in [0.717, 1.165) is 42.9 Å². The number of rotatable bonds is 5. The maximum Gasteiger partial charge on any atom is 0.246 e. The Hall–Kier alpha value is -2.38. The van der Waals surface area contributed by atoms with Gasteiger partial charge < -0.3 is 4.90 Å². The van der Waals surface area contributed by atoms with Crippen LogP contribution >= 0.6 is 0 Å². The summed E-state index contributed by atoms with van der Waals surface area (Å²) in [4.78, 5) is 18.8. The Bertz CT molecular complexity index is 680. The van der Waals surface area contributed by atoms with Crippen LogP contribution in [0.4, 0.5) is 11.9 Å². The fraction of sp³-hybridized carbons (Fsp3) is 0.625. The summed E-state index contributed by atoms with van der Waals surface area (Å²) in [5.74, 6) is 1.09. The third-order valence-electron chi connectivity index (χ3n) is 4.54. The zero-order valence-electron chi connectivity index (χ0n) is 14.5. The van der Waals surface area contributed by atoms with Gasteiger partial charge >= 0.3 is 0 Å². The van der Waals surface area contributed by atoms with Crippen molar-refractivity contribution in [3.63, 3.8) is 0 Å². The van der Waals surface area contributed by atoms with Crippen molar-refractivity contribution in [2.75, 3.05) is 23.3 Å². The number of carbonyl (C=O) groups is 1. The fourth-order valence-corrected chi connectivity index (χ4v) is 3.39. The second-order valence-corrected chi connectivity index (χ2v) is 6.53. The first-order valence-corrected chi connectivity index (χ1v) is 8.53. The van der Waals surface area contributed by atoms with E-state index in [0.29, 0.717) is 18.3 Å². The smallest absolute Gasteiger partial charge is 0.246 e. The molecule has 1 aliphatic rings. The van der Waals surface area contributed by atoms with E-state index in [1.54, 1.807) is 0 Å². The number of nitrogens with zero attached hydrogens (tertiary/aromatic N) is 4. The van der Waals surface area contributed by atoms with Crippen molar-refractivity contribution in [2.24, 2.45) is 0 Å². The molecule has 0 saturated carbocycles. The maximum absolute atomic E-state index is 12.3. The van der Waals surface area contributed by atoms with Gasteiger partial charge in [-0.3, -0.25) is 15.2 Å². The minimum absolute atomic E-state index is 0.0798. The molecule has 130 valence electrons. The van der Waals surface area contributed by atoms with Crippen LogP contribution in [0.15, 0.2) is 0 Å². The number of hydrogen-bond acceptors (Lipinski definition) is 5. The Morgan fingerprint density at radius 3 is 2.62 bits per heavy atom. The van der Waals surface area contributed by atoms with E-state index in [9.17, 15) is 4.79 Å². The normalized spacial score (nSPS) is 16.2. The van der Waals surface area contributed by atoms with Gasteiger partial charge in [-0.25, -0.2) is 5.10 Å². The lowest BCUT2D eigenvalue weighted by Crippen LogP contribution is -2.30. The van der Waals surface area contributed by atoms with Crippen molar-refractivity contribution >= 4 is 17.8 Å². The molecule has 0 bridgehead atoms. The van der Waals surface area contributed by atoms with E-state index in [2.05, 4.69) is 35.6 Å². The summed E-state index contributed by atoms with van der Waals surface area (Å²) in [5.41, 5.74) is 3.07. The quantitative estimate of drug-likeness (QED) is 0.780. The summed E-state index contributed by atoms with van der Waals surface area (Å²) < 4.78 is 0. The first kappa shape index (κ1) is 16.5. The standard InChI is InChI=1S/C16H25N7O/c1-10(14-11(2)19-20-12(14)3)9-13(24)17-15-18-16(22-21-15)23-7-5-4-6-8-23/h10H,4-9H2,1-3H3,(H,19,20)(H2,17,18,21,22,24)/t10-/m0/s1. The van der Waals surface area contributed by atoms with Gasteiger partial charge in [-0.1, -0.05) is 6.92 Å². The van der Waals surface area contributed by atoms with Gasteiger partial charge in [-0.15, -0.1) is 5.10 Å². The highest BCUT2D eigenvalue weighted by Crippen LogP contribution is 2.24.